The first kappa shape index (κ1) is 20.9. The van der Waals surface area contributed by atoms with E-state index in [2.05, 4.69) is 77.4 Å². The van der Waals surface area contributed by atoms with E-state index in [1.54, 1.807) is 14.2 Å². The van der Waals surface area contributed by atoms with Crippen molar-refractivity contribution in [3.8, 4) is 11.5 Å². The van der Waals surface area contributed by atoms with Gasteiger partial charge in [0.1, 0.15) is 0 Å². The molecule has 29 heavy (non-hydrogen) atoms. The van der Waals surface area contributed by atoms with E-state index < -0.39 is 0 Å². The summed E-state index contributed by atoms with van der Waals surface area (Å²) in [7, 11) is 3.33. The van der Waals surface area contributed by atoms with Crippen LogP contribution in [0.25, 0.3) is 0 Å². The maximum Gasteiger partial charge on any atom is 0.160 e. The highest BCUT2D eigenvalue weighted by Gasteiger charge is 2.12. The first-order chi connectivity index (χ1) is 14.3. The fraction of sp³-hybridized carbons (Fsp3) is 0.280. The van der Waals surface area contributed by atoms with Gasteiger partial charge in [-0.1, -0.05) is 66.7 Å². The quantitative estimate of drug-likeness (QED) is 0.481. The molecule has 3 aromatic carbocycles. The molecule has 0 aliphatic carbocycles. The van der Waals surface area contributed by atoms with Gasteiger partial charge in [0.25, 0.3) is 0 Å². The van der Waals surface area contributed by atoms with Crippen LogP contribution in [-0.4, -0.2) is 33.9 Å². The smallest absolute Gasteiger partial charge is 0.160 e. The van der Waals surface area contributed by atoms with Crippen LogP contribution in [0.5, 0.6) is 11.5 Å². The molecule has 0 amide bonds. The Kier molecular flexibility index (Phi) is 8.11. The van der Waals surface area contributed by atoms with E-state index >= 15 is 0 Å². The van der Waals surface area contributed by atoms with Crippen molar-refractivity contribution in [1.82, 2.24) is 10.6 Å². The highest BCUT2D eigenvalue weighted by atomic mass is 16.5. The number of hydrogen-bond donors (Lipinski definition) is 2. The first-order valence-electron chi connectivity index (χ1n) is 10.1. The molecule has 0 heterocycles. The standard InChI is InChI=1S/C25H30N2O2/c1-28-23-14-13-20(19-24(23)29-2)15-16-26-17-18-27-25(21-9-5-3-6-10-21)22-11-7-4-8-12-22/h3-14,19,25-27H,15-18H2,1-2H3. The van der Waals surface area contributed by atoms with Crippen LogP contribution in [0.2, 0.25) is 0 Å². The lowest BCUT2D eigenvalue weighted by Gasteiger charge is -2.20. The van der Waals surface area contributed by atoms with Gasteiger partial charge in [-0.3, -0.25) is 0 Å². The SMILES string of the molecule is COc1ccc(CCNCCNC(c2ccccc2)c2ccccc2)cc1OC. The molecule has 0 bridgehead atoms. The lowest BCUT2D eigenvalue weighted by molar-refractivity contribution is 0.354. The molecule has 3 rings (SSSR count). The van der Waals surface area contributed by atoms with Crippen LogP contribution in [-0.2, 0) is 6.42 Å². The van der Waals surface area contributed by atoms with Crippen LogP contribution >= 0.6 is 0 Å². The average Bonchev–Trinajstić information content (AvgIpc) is 2.79. The zero-order valence-corrected chi connectivity index (χ0v) is 17.2. The van der Waals surface area contributed by atoms with E-state index in [0.717, 1.165) is 37.6 Å². The Labute approximate surface area is 173 Å². The van der Waals surface area contributed by atoms with Crippen LogP contribution in [0.3, 0.4) is 0 Å². The number of hydrogen-bond acceptors (Lipinski definition) is 4. The Balaban J connectivity index is 1.47. The monoisotopic (exact) mass is 390 g/mol. The summed E-state index contributed by atoms with van der Waals surface area (Å²) < 4.78 is 10.7. The minimum absolute atomic E-state index is 0.199. The second kappa shape index (κ2) is 11.2. The van der Waals surface area contributed by atoms with Gasteiger partial charge in [0.15, 0.2) is 11.5 Å². The largest absolute Gasteiger partial charge is 0.493 e. The Morgan fingerprint density at radius 1 is 0.690 bits per heavy atom. The van der Waals surface area contributed by atoms with Gasteiger partial charge in [0.2, 0.25) is 0 Å². The van der Waals surface area contributed by atoms with Crippen LogP contribution in [0.1, 0.15) is 22.7 Å². The Morgan fingerprint density at radius 3 is 1.90 bits per heavy atom. The average molecular weight is 391 g/mol. The summed E-state index contributed by atoms with van der Waals surface area (Å²) in [5.41, 5.74) is 3.79. The summed E-state index contributed by atoms with van der Waals surface area (Å²) >= 11 is 0. The third-order valence-corrected chi connectivity index (χ3v) is 4.95. The Morgan fingerprint density at radius 2 is 1.31 bits per heavy atom. The van der Waals surface area contributed by atoms with Gasteiger partial charge in [-0.2, -0.15) is 0 Å². The maximum absolute atomic E-state index is 5.38. The number of ether oxygens (including phenoxy) is 2. The summed E-state index contributed by atoms with van der Waals surface area (Å²) in [6, 6.07) is 27.5. The van der Waals surface area contributed by atoms with E-state index in [1.807, 2.05) is 12.1 Å². The van der Waals surface area contributed by atoms with Crippen molar-refractivity contribution in [3.05, 3.63) is 95.6 Å². The topological polar surface area (TPSA) is 42.5 Å². The van der Waals surface area contributed by atoms with E-state index in [-0.39, 0.29) is 6.04 Å². The molecule has 152 valence electrons. The van der Waals surface area contributed by atoms with Gasteiger partial charge < -0.3 is 20.1 Å². The molecule has 0 aliphatic heterocycles. The van der Waals surface area contributed by atoms with Crippen molar-refractivity contribution in [2.75, 3.05) is 33.9 Å². The van der Waals surface area contributed by atoms with Crippen LogP contribution in [0.4, 0.5) is 0 Å². The molecule has 4 nitrogen and oxygen atoms in total. The van der Waals surface area contributed by atoms with Crippen molar-refractivity contribution >= 4 is 0 Å². The van der Waals surface area contributed by atoms with Gasteiger partial charge in [0.05, 0.1) is 20.3 Å². The minimum atomic E-state index is 0.199. The highest BCUT2D eigenvalue weighted by Crippen LogP contribution is 2.27. The van der Waals surface area contributed by atoms with E-state index in [9.17, 15) is 0 Å². The lowest BCUT2D eigenvalue weighted by Crippen LogP contribution is -2.31. The van der Waals surface area contributed by atoms with Crippen molar-refractivity contribution in [2.24, 2.45) is 0 Å². The molecule has 0 atom stereocenters. The molecule has 0 saturated carbocycles. The molecular weight excluding hydrogens is 360 g/mol. The second-order valence-electron chi connectivity index (χ2n) is 6.90. The van der Waals surface area contributed by atoms with Crippen molar-refractivity contribution < 1.29 is 9.47 Å². The molecule has 2 N–H and O–H groups in total. The number of rotatable bonds is 11. The zero-order chi connectivity index (χ0) is 20.3. The summed E-state index contributed by atoms with van der Waals surface area (Å²) in [5, 5.41) is 7.21. The Hall–Kier alpha value is -2.82. The van der Waals surface area contributed by atoms with Gasteiger partial charge in [-0.25, -0.2) is 0 Å². The number of methoxy groups -OCH3 is 2. The Bertz CT molecular complexity index is 814. The minimum Gasteiger partial charge on any atom is -0.493 e. The predicted octanol–water partition coefficient (Wildman–Crippen LogP) is 4.22. The predicted molar refractivity (Wildman–Crippen MR) is 119 cm³/mol. The summed E-state index contributed by atoms with van der Waals surface area (Å²) in [6.07, 6.45) is 0.946. The molecule has 0 unspecified atom stereocenters. The summed E-state index contributed by atoms with van der Waals surface area (Å²) in [5.74, 6) is 1.54. The lowest BCUT2D eigenvalue weighted by atomic mass is 9.99. The molecule has 0 saturated heterocycles. The van der Waals surface area contributed by atoms with Crippen molar-refractivity contribution in [1.29, 1.82) is 0 Å². The molecule has 0 spiro atoms. The highest BCUT2D eigenvalue weighted by molar-refractivity contribution is 5.43. The van der Waals surface area contributed by atoms with Gasteiger partial charge >= 0.3 is 0 Å². The van der Waals surface area contributed by atoms with Crippen LogP contribution < -0.4 is 20.1 Å². The second-order valence-corrected chi connectivity index (χ2v) is 6.90. The fourth-order valence-electron chi connectivity index (χ4n) is 3.42. The zero-order valence-electron chi connectivity index (χ0n) is 17.2. The van der Waals surface area contributed by atoms with Gasteiger partial charge in [-0.15, -0.1) is 0 Å². The fourth-order valence-corrected chi connectivity index (χ4v) is 3.42. The number of benzene rings is 3. The van der Waals surface area contributed by atoms with E-state index in [0.29, 0.717) is 0 Å². The van der Waals surface area contributed by atoms with Crippen LogP contribution in [0.15, 0.2) is 78.9 Å². The molecule has 4 heteroatoms. The van der Waals surface area contributed by atoms with Gasteiger partial charge in [0, 0.05) is 13.1 Å². The third-order valence-electron chi connectivity index (χ3n) is 4.95. The van der Waals surface area contributed by atoms with E-state index in [4.69, 9.17) is 9.47 Å². The molecule has 0 aromatic heterocycles. The van der Waals surface area contributed by atoms with E-state index in [1.165, 1.54) is 16.7 Å². The van der Waals surface area contributed by atoms with Crippen LogP contribution in [0, 0.1) is 0 Å². The third kappa shape index (κ3) is 6.08. The molecule has 0 aliphatic rings. The normalized spacial score (nSPS) is 10.9. The van der Waals surface area contributed by atoms with Crippen molar-refractivity contribution in [3.63, 3.8) is 0 Å². The first-order valence-corrected chi connectivity index (χ1v) is 10.1. The van der Waals surface area contributed by atoms with Gasteiger partial charge in [-0.05, 0) is 41.8 Å². The van der Waals surface area contributed by atoms with Crippen molar-refractivity contribution in [2.45, 2.75) is 12.5 Å². The number of nitrogens with one attached hydrogen (secondary N) is 2. The molecule has 0 radical (unpaired) electrons. The molecule has 3 aromatic rings. The summed E-state index contributed by atoms with van der Waals surface area (Å²) in [6.45, 7) is 2.71. The summed E-state index contributed by atoms with van der Waals surface area (Å²) in [4.78, 5) is 0. The maximum atomic E-state index is 5.38. The molecule has 0 fully saturated rings. The molecular formula is C25H30N2O2.